The lowest BCUT2D eigenvalue weighted by molar-refractivity contribution is 1.50. The topological polar surface area (TPSA) is 0 Å². The van der Waals surface area contributed by atoms with Crippen LogP contribution in [0, 0.1) is 0 Å². The molecular weight excluding hydrogens is 204 g/mol. The van der Waals surface area contributed by atoms with Crippen LogP contribution < -0.4 is 0 Å². The van der Waals surface area contributed by atoms with Gasteiger partial charge < -0.3 is 0 Å². The van der Waals surface area contributed by atoms with Crippen LogP contribution in [-0.2, 0) is 0 Å². The van der Waals surface area contributed by atoms with E-state index in [-0.39, 0.29) is 0 Å². The van der Waals surface area contributed by atoms with Gasteiger partial charge in [-0.25, -0.2) is 0 Å². The number of rotatable bonds is 1. The van der Waals surface area contributed by atoms with Crippen molar-refractivity contribution in [1.82, 2.24) is 0 Å². The summed E-state index contributed by atoms with van der Waals surface area (Å²) in [7, 11) is 0. The maximum absolute atomic E-state index is 3.36. The quantitative estimate of drug-likeness (QED) is 0.557. The summed E-state index contributed by atoms with van der Waals surface area (Å²) in [6.45, 7) is 9.25. The van der Waals surface area contributed by atoms with E-state index < -0.39 is 0 Å². The SMILES string of the molecule is C=CC.CC.c1ccc(-c2ccccc2)cc1. The molecule has 2 aromatic carbocycles. The molecular formula is C17H22. The minimum Gasteiger partial charge on any atom is -0.103 e. The molecule has 2 rings (SSSR count). The summed E-state index contributed by atoms with van der Waals surface area (Å²) in [4.78, 5) is 0. The summed E-state index contributed by atoms with van der Waals surface area (Å²) in [6, 6.07) is 20.8. The minimum absolute atomic E-state index is 1.28. The second-order valence-corrected chi connectivity index (χ2v) is 3.14. The zero-order chi connectivity index (χ0) is 12.9. The van der Waals surface area contributed by atoms with Gasteiger partial charge in [0.05, 0.1) is 0 Å². The minimum atomic E-state index is 1.28. The van der Waals surface area contributed by atoms with Crippen LogP contribution in [-0.4, -0.2) is 0 Å². The molecule has 0 atom stereocenters. The van der Waals surface area contributed by atoms with Crippen molar-refractivity contribution < 1.29 is 0 Å². The van der Waals surface area contributed by atoms with Crippen molar-refractivity contribution in [3.8, 4) is 11.1 Å². The van der Waals surface area contributed by atoms with Gasteiger partial charge >= 0.3 is 0 Å². The summed E-state index contributed by atoms with van der Waals surface area (Å²) in [5, 5.41) is 0. The molecule has 0 unspecified atom stereocenters. The first kappa shape index (κ1) is 15.2. The van der Waals surface area contributed by atoms with Crippen LogP contribution in [0.2, 0.25) is 0 Å². The Hall–Kier alpha value is -1.82. The van der Waals surface area contributed by atoms with Crippen molar-refractivity contribution >= 4 is 0 Å². The fourth-order valence-electron chi connectivity index (χ4n) is 1.26. The Balaban J connectivity index is 0.000000450. The predicted octanol–water partition coefficient (Wildman–Crippen LogP) is 5.57. The van der Waals surface area contributed by atoms with E-state index in [2.05, 4.69) is 55.1 Å². The summed E-state index contributed by atoms with van der Waals surface area (Å²) in [5.74, 6) is 0. The van der Waals surface area contributed by atoms with E-state index in [1.807, 2.05) is 32.9 Å². The molecule has 0 spiro atoms. The summed E-state index contributed by atoms with van der Waals surface area (Å²) in [5.41, 5.74) is 2.55. The zero-order valence-electron chi connectivity index (χ0n) is 11.1. The first-order chi connectivity index (χ1) is 8.38. The highest BCUT2D eigenvalue weighted by atomic mass is 14.0. The Bertz CT molecular complexity index is 336. The molecule has 0 aliphatic heterocycles. The monoisotopic (exact) mass is 226 g/mol. The second-order valence-electron chi connectivity index (χ2n) is 3.14. The van der Waals surface area contributed by atoms with Crippen LogP contribution in [0.5, 0.6) is 0 Å². The number of hydrogen-bond acceptors (Lipinski definition) is 0. The molecule has 90 valence electrons. The van der Waals surface area contributed by atoms with E-state index in [9.17, 15) is 0 Å². The van der Waals surface area contributed by atoms with Gasteiger partial charge in [0.15, 0.2) is 0 Å². The maximum atomic E-state index is 3.36. The molecule has 0 N–H and O–H groups in total. The van der Waals surface area contributed by atoms with Crippen molar-refractivity contribution in [3.05, 3.63) is 73.3 Å². The molecule has 0 aliphatic carbocycles. The molecule has 0 amide bonds. The van der Waals surface area contributed by atoms with Crippen molar-refractivity contribution in [2.24, 2.45) is 0 Å². The molecule has 17 heavy (non-hydrogen) atoms. The third-order valence-electron chi connectivity index (χ3n) is 1.88. The Morgan fingerprint density at radius 1 is 0.706 bits per heavy atom. The second kappa shape index (κ2) is 10.7. The molecule has 0 aliphatic rings. The lowest BCUT2D eigenvalue weighted by Gasteiger charge is -1.98. The van der Waals surface area contributed by atoms with Crippen molar-refractivity contribution in [2.45, 2.75) is 20.8 Å². The zero-order valence-corrected chi connectivity index (χ0v) is 11.1. The van der Waals surface area contributed by atoms with Crippen LogP contribution in [0.4, 0.5) is 0 Å². The Kier molecular flexibility index (Phi) is 9.55. The van der Waals surface area contributed by atoms with Gasteiger partial charge in [0.1, 0.15) is 0 Å². The highest BCUT2D eigenvalue weighted by Gasteiger charge is 1.91. The summed E-state index contributed by atoms with van der Waals surface area (Å²) in [6.07, 6.45) is 1.75. The van der Waals surface area contributed by atoms with E-state index in [1.165, 1.54) is 11.1 Å². The van der Waals surface area contributed by atoms with Gasteiger partial charge in [0, 0.05) is 0 Å². The third kappa shape index (κ3) is 6.36. The molecule has 0 bridgehead atoms. The van der Waals surface area contributed by atoms with Crippen LogP contribution >= 0.6 is 0 Å². The van der Waals surface area contributed by atoms with E-state index in [0.29, 0.717) is 0 Å². The average molecular weight is 226 g/mol. The van der Waals surface area contributed by atoms with Crippen molar-refractivity contribution in [1.29, 1.82) is 0 Å². The summed E-state index contributed by atoms with van der Waals surface area (Å²) < 4.78 is 0. The standard InChI is InChI=1S/C12H10.C3H6.C2H6/c1-3-7-11(8-4-1)12-9-5-2-6-10-12;1-3-2;1-2/h1-10H;3H,1H2,2H3;1-2H3. The molecule has 0 saturated carbocycles. The van der Waals surface area contributed by atoms with Gasteiger partial charge in [-0.15, -0.1) is 6.58 Å². The maximum Gasteiger partial charge on any atom is -0.0184 e. The smallest absolute Gasteiger partial charge is 0.0184 e. The molecule has 0 saturated heterocycles. The average Bonchev–Trinajstić information content (AvgIpc) is 2.44. The first-order valence-corrected chi connectivity index (χ1v) is 6.06. The first-order valence-electron chi connectivity index (χ1n) is 6.06. The Labute approximate surface area is 106 Å². The van der Waals surface area contributed by atoms with E-state index >= 15 is 0 Å². The lowest BCUT2D eigenvalue weighted by atomic mass is 10.1. The fourth-order valence-corrected chi connectivity index (χ4v) is 1.26. The van der Waals surface area contributed by atoms with Crippen molar-refractivity contribution in [3.63, 3.8) is 0 Å². The molecule has 0 nitrogen and oxygen atoms in total. The molecule has 0 fully saturated rings. The van der Waals surface area contributed by atoms with E-state index in [1.54, 1.807) is 6.08 Å². The fraction of sp³-hybridized carbons (Fsp3) is 0.176. The van der Waals surface area contributed by atoms with Crippen LogP contribution in [0.1, 0.15) is 20.8 Å². The number of hydrogen-bond donors (Lipinski definition) is 0. The number of allylic oxidation sites excluding steroid dienone is 1. The van der Waals surface area contributed by atoms with Gasteiger partial charge in [0.2, 0.25) is 0 Å². The highest BCUT2D eigenvalue weighted by molar-refractivity contribution is 5.62. The van der Waals surface area contributed by atoms with Crippen LogP contribution in [0.3, 0.4) is 0 Å². The summed E-state index contributed by atoms with van der Waals surface area (Å²) >= 11 is 0. The van der Waals surface area contributed by atoms with Crippen LogP contribution in [0.25, 0.3) is 11.1 Å². The van der Waals surface area contributed by atoms with Gasteiger partial charge in [0.25, 0.3) is 0 Å². The highest BCUT2D eigenvalue weighted by Crippen LogP contribution is 2.17. The Morgan fingerprint density at radius 2 is 0.941 bits per heavy atom. The van der Waals surface area contributed by atoms with Crippen LogP contribution in [0.15, 0.2) is 73.3 Å². The number of benzene rings is 2. The van der Waals surface area contributed by atoms with Gasteiger partial charge in [-0.3, -0.25) is 0 Å². The van der Waals surface area contributed by atoms with E-state index in [4.69, 9.17) is 0 Å². The molecule has 0 heteroatoms. The largest absolute Gasteiger partial charge is 0.103 e. The van der Waals surface area contributed by atoms with Crippen molar-refractivity contribution in [2.75, 3.05) is 0 Å². The molecule has 0 heterocycles. The third-order valence-corrected chi connectivity index (χ3v) is 1.88. The predicted molar refractivity (Wildman–Crippen MR) is 79.1 cm³/mol. The normalized spacial score (nSPS) is 7.94. The molecule has 0 radical (unpaired) electrons. The van der Waals surface area contributed by atoms with Gasteiger partial charge in [-0.2, -0.15) is 0 Å². The van der Waals surface area contributed by atoms with Gasteiger partial charge in [-0.05, 0) is 18.1 Å². The molecule has 2 aromatic rings. The lowest BCUT2D eigenvalue weighted by Crippen LogP contribution is -1.73. The molecule has 0 aromatic heterocycles. The van der Waals surface area contributed by atoms with Gasteiger partial charge in [-0.1, -0.05) is 80.6 Å². The Morgan fingerprint density at radius 3 is 1.18 bits per heavy atom. The van der Waals surface area contributed by atoms with E-state index in [0.717, 1.165) is 0 Å².